The van der Waals surface area contributed by atoms with Gasteiger partial charge in [0.2, 0.25) is 5.91 Å². The molecule has 2 heterocycles. The molecular weight excluding hydrogens is 430 g/mol. The number of carbonyl (C=O) groups is 3. The molecule has 2 rings (SSSR count). The van der Waals surface area contributed by atoms with E-state index in [-0.39, 0.29) is 25.2 Å². The summed E-state index contributed by atoms with van der Waals surface area (Å²) in [4.78, 5) is 39.7. The van der Waals surface area contributed by atoms with E-state index in [1.54, 1.807) is 18.7 Å². The lowest BCUT2D eigenvalue weighted by atomic mass is 9.83. The van der Waals surface area contributed by atoms with Crippen molar-refractivity contribution in [2.45, 2.75) is 70.9 Å². The molecule has 1 unspecified atom stereocenters. The number of esters is 1. The molecule has 2 aliphatic heterocycles. The number of ether oxygens (including phenoxy) is 3. The van der Waals surface area contributed by atoms with E-state index >= 15 is 0 Å². The fourth-order valence-electron chi connectivity index (χ4n) is 4.00. The molecule has 0 aromatic rings. The van der Waals surface area contributed by atoms with E-state index in [1.165, 1.54) is 42.7 Å². The highest BCUT2D eigenvalue weighted by Gasteiger charge is 2.58. The number of fused-ring (bicyclic) bond motifs is 1. The van der Waals surface area contributed by atoms with Crippen molar-refractivity contribution in [1.82, 2.24) is 4.90 Å². The highest BCUT2D eigenvalue weighted by molar-refractivity contribution is 8.03. The number of β-lactam (4-membered cyclic amide) rings is 1. The summed E-state index contributed by atoms with van der Waals surface area (Å²) in [7, 11) is 0. The summed E-state index contributed by atoms with van der Waals surface area (Å²) in [5.41, 5.74) is 0.329. The first-order valence-electron chi connectivity index (χ1n) is 11.4. The molecule has 8 heteroatoms. The Labute approximate surface area is 195 Å². The maximum Gasteiger partial charge on any atom is 0.508 e. The van der Waals surface area contributed by atoms with Crippen LogP contribution in [-0.2, 0) is 23.8 Å². The van der Waals surface area contributed by atoms with Gasteiger partial charge >= 0.3 is 12.1 Å². The molecule has 0 spiro atoms. The first-order valence-corrected chi connectivity index (χ1v) is 12.4. The quantitative estimate of drug-likeness (QED) is 0.146. The fourth-order valence-corrected chi connectivity index (χ4v) is 5.20. The molecule has 0 N–H and O–H groups in total. The fraction of sp³-hybridized carbons (Fsp3) is 0.625. The third-order valence-corrected chi connectivity index (χ3v) is 6.78. The molecule has 0 saturated carbocycles. The van der Waals surface area contributed by atoms with Crippen LogP contribution in [0, 0.1) is 5.92 Å². The Hall–Kier alpha value is -2.22. The van der Waals surface area contributed by atoms with Crippen molar-refractivity contribution in [3.63, 3.8) is 0 Å². The number of amides is 1. The van der Waals surface area contributed by atoms with Crippen molar-refractivity contribution in [2.75, 3.05) is 19.0 Å². The number of thioether (sulfide) groups is 1. The Morgan fingerprint density at radius 1 is 1.12 bits per heavy atom. The molecule has 32 heavy (non-hydrogen) atoms. The normalized spacial score (nSPS) is 20.3. The zero-order chi connectivity index (χ0) is 23.5. The maximum atomic E-state index is 12.9. The lowest BCUT2D eigenvalue weighted by Crippen LogP contribution is -2.62. The van der Waals surface area contributed by atoms with Crippen molar-refractivity contribution in [2.24, 2.45) is 5.92 Å². The largest absolute Gasteiger partial charge is 0.508 e. The van der Waals surface area contributed by atoms with E-state index < -0.39 is 24.1 Å². The second kappa shape index (κ2) is 13.4. The van der Waals surface area contributed by atoms with E-state index in [0.29, 0.717) is 12.1 Å². The minimum atomic E-state index is -0.835. The molecule has 0 bridgehead atoms. The van der Waals surface area contributed by atoms with Gasteiger partial charge in [-0.15, -0.1) is 11.8 Å². The minimum absolute atomic E-state index is 0.0415. The van der Waals surface area contributed by atoms with Crippen LogP contribution in [0.15, 0.2) is 35.9 Å². The molecule has 1 amide bonds. The predicted molar refractivity (Wildman–Crippen MR) is 125 cm³/mol. The van der Waals surface area contributed by atoms with E-state index in [9.17, 15) is 14.4 Å². The van der Waals surface area contributed by atoms with Crippen molar-refractivity contribution in [3.8, 4) is 0 Å². The summed E-state index contributed by atoms with van der Waals surface area (Å²) in [6.45, 7) is 11.1. The van der Waals surface area contributed by atoms with Gasteiger partial charge in [-0.1, -0.05) is 64.3 Å². The van der Waals surface area contributed by atoms with E-state index in [2.05, 4.69) is 20.1 Å². The van der Waals surface area contributed by atoms with Crippen LogP contribution in [0.2, 0.25) is 0 Å². The molecule has 1 fully saturated rings. The van der Waals surface area contributed by atoms with Gasteiger partial charge in [-0.3, -0.25) is 4.79 Å². The summed E-state index contributed by atoms with van der Waals surface area (Å²) in [6.07, 6.45) is 9.18. The van der Waals surface area contributed by atoms with Crippen molar-refractivity contribution in [3.05, 3.63) is 35.9 Å². The summed E-state index contributed by atoms with van der Waals surface area (Å²) in [5, 5.41) is 0. The third-order valence-electron chi connectivity index (χ3n) is 5.58. The average molecular weight is 466 g/mol. The Kier molecular flexibility index (Phi) is 10.9. The molecule has 0 aromatic heterocycles. The summed E-state index contributed by atoms with van der Waals surface area (Å²) < 4.78 is 15.4. The topological polar surface area (TPSA) is 82.1 Å². The molecule has 3 atom stereocenters. The molecule has 0 radical (unpaired) electrons. The van der Waals surface area contributed by atoms with Gasteiger partial charge in [0.1, 0.15) is 25.0 Å². The van der Waals surface area contributed by atoms with Gasteiger partial charge in [0, 0.05) is 11.3 Å². The Bertz CT molecular complexity index is 734. The van der Waals surface area contributed by atoms with Crippen LogP contribution in [0.25, 0.3) is 0 Å². The number of hydrogen-bond donors (Lipinski definition) is 0. The Morgan fingerprint density at radius 2 is 1.78 bits per heavy atom. The van der Waals surface area contributed by atoms with Gasteiger partial charge in [0.05, 0.1) is 12.0 Å². The smallest absolute Gasteiger partial charge is 0.457 e. The molecule has 0 aromatic carbocycles. The van der Waals surface area contributed by atoms with Crippen LogP contribution in [0.4, 0.5) is 4.79 Å². The second-order valence-corrected chi connectivity index (χ2v) is 9.14. The Balaban J connectivity index is 1.99. The van der Waals surface area contributed by atoms with Crippen LogP contribution < -0.4 is 0 Å². The van der Waals surface area contributed by atoms with Crippen molar-refractivity contribution >= 4 is 29.8 Å². The highest BCUT2D eigenvalue weighted by atomic mass is 32.2. The number of carbonyl (C=O) groups excluding carboxylic acids is 3. The number of unbranched alkanes of at least 4 members (excludes halogenated alkanes) is 5. The number of hydrogen-bond acceptors (Lipinski definition) is 7. The van der Waals surface area contributed by atoms with Crippen LogP contribution in [0.3, 0.4) is 0 Å². The first kappa shape index (κ1) is 26.0. The summed E-state index contributed by atoms with van der Waals surface area (Å²) in [6, 6.07) is -0.219. The van der Waals surface area contributed by atoms with Crippen molar-refractivity contribution in [1.29, 1.82) is 0 Å². The molecular formula is C24H35NO6S. The van der Waals surface area contributed by atoms with Crippen LogP contribution in [-0.4, -0.2) is 54.0 Å². The zero-order valence-corrected chi connectivity index (χ0v) is 20.0. The van der Waals surface area contributed by atoms with Gasteiger partial charge in [0.25, 0.3) is 0 Å². The minimum Gasteiger partial charge on any atom is -0.457 e. The summed E-state index contributed by atoms with van der Waals surface area (Å²) in [5.74, 6) is -0.372. The van der Waals surface area contributed by atoms with Crippen LogP contribution in [0.5, 0.6) is 0 Å². The zero-order valence-electron chi connectivity index (χ0n) is 19.2. The van der Waals surface area contributed by atoms with Gasteiger partial charge in [-0.25, -0.2) is 9.59 Å². The average Bonchev–Trinajstić information content (AvgIpc) is 3.09. The maximum absolute atomic E-state index is 12.9. The number of rotatable bonds is 15. The summed E-state index contributed by atoms with van der Waals surface area (Å²) >= 11 is 1.62. The second-order valence-electron chi connectivity index (χ2n) is 7.95. The third kappa shape index (κ3) is 6.64. The molecule has 2 aliphatic rings. The molecule has 1 saturated heterocycles. The monoisotopic (exact) mass is 465 g/mol. The van der Waals surface area contributed by atoms with Crippen molar-refractivity contribution < 1.29 is 28.6 Å². The molecule has 7 nitrogen and oxygen atoms in total. The lowest BCUT2D eigenvalue weighted by Gasteiger charge is -2.45. The van der Waals surface area contributed by atoms with Crippen LogP contribution in [0.1, 0.15) is 58.8 Å². The molecule has 178 valence electrons. The predicted octanol–water partition coefficient (Wildman–Crippen LogP) is 4.98. The van der Waals surface area contributed by atoms with Gasteiger partial charge in [-0.05, 0) is 19.1 Å². The highest BCUT2D eigenvalue weighted by Crippen LogP contribution is 2.48. The van der Waals surface area contributed by atoms with Gasteiger partial charge < -0.3 is 19.1 Å². The number of nitrogens with zero attached hydrogens (tertiary/aromatic N) is 1. The Morgan fingerprint density at radius 3 is 2.47 bits per heavy atom. The van der Waals surface area contributed by atoms with E-state index in [1.807, 2.05) is 0 Å². The van der Waals surface area contributed by atoms with E-state index in [0.717, 1.165) is 23.5 Å². The van der Waals surface area contributed by atoms with Gasteiger partial charge in [0.15, 0.2) is 0 Å². The SMILES string of the molecule is C=CCOC(=O)OC(C)[C@H]1C(=O)N2C(C(=O)OCC=C)=C(SCCCCCCCC)C[C@H]12. The standard InChI is InChI=1S/C24H35NO6S/c1-5-8-9-10-11-12-15-32-19-16-18-20(17(4)31-24(28)30-14-7-3)22(26)25(18)21(19)23(27)29-13-6-2/h6-7,17-18,20H,2-3,5,8-16H2,1,4H3/t17?,18-,20-/m1/s1. The van der Waals surface area contributed by atoms with Gasteiger partial charge in [-0.2, -0.15) is 0 Å². The van der Waals surface area contributed by atoms with E-state index in [4.69, 9.17) is 14.2 Å². The lowest BCUT2D eigenvalue weighted by molar-refractivity contribution is -0.162. The molecule has 0 aliphatic carbocycles. The van der Waals surface area contributed by atoms with Crippen LogP contribution >= 0.6 is 11.8 Å². The first-order chi connectivity index (χ1) is 15.5.